The number of pyridine rings is 1. The van der Waals surface area contributed by atoms with Gasteiger partial charge in [0.05, 0.1) is 23.1 Å². The highest BCUT2D eigenvalue weighted by Crippen LogP contribution is 2.33. The largest absolute Gasteiger partial charge is 0.483 e. The number of aromatic amines is 2. The van der Waals surface area contributed by atoms with Crippen LogP contribution in [0.5, 0.6) is 0 Å². The normalized spacial score (nSPS) is 15.1. The molecular weight excluding hydrogens is 396 g/mol. The van der Waals surface area contributed by atoms with E-state index in [1.807, 2.05) is 47.5 Å². The maximum absolute atomic E-state index is 13.1. The Morgan fingerprint density at radius 3 is 2.87 bits per heavy atom. The minimum Gasteiger partial charge on any atom is -0.483 e. The monoisotopic (exact) mass is 418 g/mol. The standard InChI is InChI=1S/C21H20N6O.CH2O2/c28-19(8-7-18-25-15-5-1-2-6-16(15)26-18)27-11-9-17-20(24-13-23-17)21(27)14-4-3-10-22-12-14;2-1-3/h1-6,10,12-13,21H,7-9,11H2,(H,23,24)(H,25,26);1H,(H,2,3). The van der Waals surface area contributed by atoms with Crippen LogP contribution in [0.4, 0.5) is 0 Å². The number of carbonyl (C=O) groups excluding carboxylic acids is 1. The van der Waals surface area contributed by atoms with Crippen molar-refractivity contribution in [3.8, 4) is 0 Å². The molecule has 1 unspecified atom stereocenters. The average Bonchev–Trinajstić information content (AvgIpc) is 3.44. The zero-order valence-corrected chi connectivity index (χ0v) is 16.7. The van der Waals surface area contributed by atoms with Gasteiger partial charge in [0.1, 0.15) is 11.9 Å². The van der Waals surface area contributed by atoms with Crippen molar-refractivity contribution in [1.29, 1.82) is 0 Å². The van der Waals surface area contributed by atoms with Crippen molar-refractivity contribution in [2.45, 2.75) is 25.3 Å². The molecule has 1 aromatic carbocycles. The van der Waals surface area contributed by atoms with E-state index in [0.29, 0.717) is 19.4 Å². The number of carbonyl (C=O) groups is 2. The molecule has 1 aliphatic heterocycles. The van der Waals surface area contributed by atoms with Crippen LogP contribution in [0, 0.1) is 0 Å². The second-order valence-corrected chi connectivity index (χ2v) is 7.10. The number of aromatic nitrogens is 5. The van der Waals surface area contributed by atoms with Crippen LogP contribution in [-0.4, -0.2) is 53.9 Å². The summed E-state index contributed by atoms with van der Waals surface area (Å²) >= 11 is 0. The van der Waals surface area contributed by atoms with E-state index >= 15 is 0 Å². The number of benzene rings is 1. The molecule has 1 atom stereocenters. The molecule has 0 saturated carbocycles. The second-order valence-electron chi connectivity index (χ2n) is 7.10. The number of H-pyrrole nitrogens is 2. The number of aryl methyl sites for hydroxylation is 1. The van der Waals surface area contributed by atoms with Crippen LogP contribution >= 0.6 is 0 Å². The number of fused-ring (bicyclic) bond motifs is 2. The molecule has 158 valence electrons. The lowest BCUT2D eigenvalue weighted by atomic mass is 9.96. The van der Waals surface area contributed by atoms with Crippen molar-refractivity contribution in [3.63, 3.8) is 0 Å². The van der Waals surface area contributed by atoms with Gasteiger partial charge in [-0.1, -0.05) is 18.2 Å². The van der Waals surface area contributed by atoms with Gasteiger partial charge < -0.3 is 20.0 Å². The van der Waals surface area contributed by atoms with Gasteiger partial charge in [-0.2, -0.15) is 0 Å². The van der Waals surface area contributed by atoms with Gasteiger partial charge >= 0.3 is 0 Å². The summed E-state index contributed by atoms with van der Waals surface area (Å²) in [7, 11) is 0. The number of imidazole rings is 2. The van der Waals surface area contributed by atoms with Crippen molar-refractivity contribution < 1.29 is 14.7 Å². The summed E-state index contributed by atoms with van der Waals surface area (Å²) in [4.78, 5) is 43.2. The first-order valence-electron chi connectivity index (χ1n) is 9.94. The van der Waals surface area contributed by atoms with Crippen LogP contribution in [0.15, 0.2) is 55.1 Å². The van der Waals surface area contributed by atoms with Gasteiger partial charge in [-0.3, -0.25) is 14.6 Å². The predicted molar refractivity (Wildman–Crippen MR) is 113 cm³/mol. The van der Waals surface area contributed by atoms with Crippen LogP contribution in [-0.2, 0) is 22.4 Å². The first kappa shape index (κ1) is 20.3. The fourth-order valence-electron chi connectivity index (χ4n) is 3.91. The number of nitrogens with one attached hydrogen (secondary N) is 2. The van der Waals surface area contributed by atoms with Gasteiger partial charge in [0.2, 0.25) is 5.91 Å². The first-order valence-corrected chi connectivity index (χ1v) is 9.94. The molecule has 0 bridgehead atoms. The third kappa shape index (κ3) is 4.30. The Morgan fingerprint density at radius 2 is 2.10 bits per heavy atom. The summed E-state index contributed by atoms with van der Waals surface area (Å²) in [5.74, 6) is 0.938. The quantitative estimate of drug-likeness (QED) is 0.437. The van der Waals surface area contributed by atoms with E-state index in [1.165, 1.54) is 0 Å². The van der Waals surface area contributed by atoms with Crippen LogP contribution in [0.3, 0.4) is 0 Å². The zero-order valence-electron chi connectivity index (χ0n) is 16.7. The van der Waals surface area contributed by atoms with Gasteiger partial charge in [0.25, 0.3) is 6.47 Å². The topological polar surface area (TPSA) is 128 Å². The lowest BCUT2D eigenvalue weighted by Crippen LogP contribution is -2.41. The number of para-hydroxylation sites is 2. The number of hydrogen-bond acceptors (Lipinski definition) is 5. The van der Waals surface area contributed by atoms with E-state index in [1.54, 1.807) is 12.5 Å². The fraction of sp³-hybridized carbons (Fsp3) is 0.227. The number of rotatable bonds is 4. The maximum atomic E-state index is 13.1. The summed E-state index contributed by atoms with van der Waals surface area (Å²) in [6.45, 7) is 0.410. The van der Waals surface area contributed by atoms with Crippen molar-refractivity contribution in [2.24, 2.45) is 0 Å². The summed E-state index contributed by atoms with van der Waals surface area (Å²) in [5.41, 5.74) is 4.91. The summed E-state index contributed by atoms with van der Waals surface area (Å²) in [6.07, 6.45) is 7.02. The fourth-order valence-corrected chi connectivity index (χ4v) is 3.91. The minimum atomic E-state index is -0.250. The Labute approximate surface area is 178 Å². The molecule has 0 saturated heterocycles. The number of carboxylic acid groups (broad SMARTS) is 1. The molecule has 4 aromatic rings. The first-order chi connectivity index (χ1) is 15.2. The number of nitrogens with zero attached hydrogens (tertiary/aromatic N) is 4. The Kier molecular flexibility index (Phi) is 6.02. The molecule has 0 radical (unpaired) electrons. The van der Waals surface area contributed by atoms with Gasteiger partial charge in [0, 0.05) is 43.9 Å². The predicted octanol–water partition coefficient (Wildman–Crippen LogP) is 2.49. The molecule has 31 heavy (non-hydrogen) atoms. The molecule has 9 nitrogen and oxygen atoms in total. The van der Waals surface area contributed by atoms with E-state index in [4.69, 9.17) is 9.90 Å². The zero-order chi connectivity index (χ0) is 21.6. The van der Waals surface area contributed by atoms with E-state index in [0.717, 1.165) is 40.2 Å². The van der Waals surface area contributed by atoms with Crippen LogP contribution in [0.25, 0.3) is 11.0 Å². The van der Waals surface area contributed by atoms with Crippen LogP contribution in [0.2, 0.25) is 0 Å². The third-order valence-corrected chi connectivity index (χ3v) is 5.26. The van der Waals surface area contributed by atoms with Gasteiger partial charge in [-0.15, -0.1) is 0 Å². The molecule has 0 spiro atoms. The second kappa shape index (κ2) is 9.21. The SMILES string of the molecule is O=C(CCc1nc2ccccc2[nH]1)N1CCc2[nH]cnc2C1c1cccnc1.O=CO. The molecule has 1 amide bonds. The Hall–Kier alpha value is -4.01. The van der Waals surface area contributed by atoms with Gasteiger partial charge in [-0.25, -0.2) is 9.97 Å². The average molecular weight is 418 g/mol. The lowest BCUT2D eigenvalue weighted by molar-refractivity contribution is -0.133. The van der Waals surface area contributed by atoms with Crippen molar-refractivity contribution in [1.82, 2.24) is 29.8 Å². The van der Waals surface area contributed by atoms with E-state index in [9.17, 15) is 4.79 Å². The molecule has 4 heterocycles. The molecule has 5 rings (SSSR count). The van der Waals surface area contributed by atoms with Crippen molar-refractivity contribution in [2.75, 3.05) is 6.54 Å². The molecule has 1 aliphatic rings. The summed E-state index contributed by atoms with van der Waals surface area (Å²) < 4.78 is 0. The Balaban J connectivity index is 0.000000730. The summed E-state index contributed by atoms with van der Waals surface area (Å²) in [6, 6.07) is 11.6. The maximum Gasteiger partial charge on any atom is 0.290 e. The highest BCUT2D eigenvalue weighted by Gasteiger charge is 2.33. The van der Waals surface area contributed by atoms with Crippen LogP contribution in [0.1, 0.15) is 35.2 Å². The molecule has 3 aromatic heterocycles. The smallest absolute Gasteiger partial charge is 0.290 e. The van der Waals surface area contributed by atoms with Crippen molar-refractivity contribution in [3.05, 3.63) is 77.9 Å². The van der Waals surface area contributed by atoms with E-state index < -0.39 is 0 Å². The third-order valence-electron chi connectivity index (χ3n) is 5.26. The molecule has 9 heteroatoms. The van der Waals surface area contributed by atoms with Crippen molar-refractivity contribution >= 4 is 23.4 Å². The van der Waals surface area contributed by atoms with E-state index in [-0.39, 0.29) is 18.4 Å². The minimum absolute atomic E-state index is 0.1000. The molecule has 0 fully saturated rings. The molecule has 0 aliphatic carbocycles. The Morgan fingerprint density at radius 1 is 1.26 bits per heavy atom. The van der Waals surface area contributed by atoms with Gasteiger partial charge in [0.15, 0.2) is 0 Å². The van der Waals surface area contributed by atoms with Crippen LogP contribution < -0.4 is 0 Å². The number of hydrogen-bond donors (Lipinski definition) is 3. The van der Waals surface area contributed by atoms with E-state index in [2.05, 4.69) is 24.9 Å². The molecule has 3 N–H and O–H groups in total. The highest BCUT2D eigenvalue weighted by molar-refractivity contribution is 5.78. The number of amides is 1. The lowest BCUT2D eigenvalue weighted by Gasteiger charge is -2.35. The highest BCUT2D eigenvalue weighted by atomic mass is 16.3. The molecular formula is C22H22N6O3. The summed E-state index contributed by atoms with van der Waals surface area (Å²) in [5, 5.41) is 6.89. The van der Waals surface area contributed by atoms with Gasteiger partial charge in [-0.05, 0) is 23.8 Å². The Bertz CT molecular complexity index is 1140.